The Bertz CT molecular complexity index is 601. The molecule has 1 heterocycles. The Kier molecular flexibility index (Phi) is 4.52. The minimum Gasteiger partial charge on any atom is -0.321 e. The molecule has 0 aliphatic carbocycles. The van der Waals surface area contributed by atoms with Crippen LogP contribution in [0, 0.1) is 0 Å². The highest BCUT2D eigenvalue weighted by molar-refractivity contribution is 9.11. The van der Waals surface area contributed by atoms with Crippen LogP contribution in [0.15, 0.2) is 45.5 Å². The molecule has 2 aromatic rings. The van der Waals surface area contributed by atoms with Gasteiger partial charge in [-0.2, -0.15) is 0 Å². The van der Waals surface area contributed by atoms with E-state index in [0.717, 1.165) is 8.95 Å². The molecule has 0 spiro atoms. The molecule has 0 saturated carbocycles. The van der Waals surface area contributed by atoms with Crippen molar-refractivity contribution in [1.29, 1.82) is 0 Å². The summed E-state index contributed by atoms with van der Waals surface area (Å²) in [6, 6.07) is 8.78. The van der Waals surface area contributed by atoms with E-state index in [0.29, 0.717) is 17.1 Å². The zero-order chi connectivity index (χ0) is 13.8. The predicted molar refractivity (Wildman–Crippen MR) is 81.8 cm³/mol. The van der Waals surface area contributed by atoms with Crippen molar-refractivity contribution < 1.29 is 4.79 Å². The summed E-state index contributed by atoms with van der Waals surface area (Å²) in [6.45, 7) is 0. The fraction of sp³-hybridized carbons (Fsp3) is 0. The van der Waals surface area contributed by atoms with Crippen LogP contribution in [-0.4, -0.2) is 10.9 Å². The summed E-state index contributed by atoms with van der Waals surface area (Å²) in [6.07, 6.45) is 1.46. The maximum absolute atomic E-state index is 12.0. The van der Waals surface area contributed by atoms with E-state index in [4.69, 9.17) is 5.84 Å². The standard InChI is InChI=1S/C12H10Br2N4O/c13-8-2-3-10(9(14)5-8)17-12(19)7-1-4-11(18-15)16-6-7/h1-6H,15H2,(H,16,18)(H,17,19). The van der Waals surface area contributed by atoms with Gasteiger partial charge < -0.3 is 10.7 Å². The number of halogens is 2. The summed E-state index contributed by atoms with van der Waals surface area (Å²) in [5.74, 6) is 5.47. The van der Waals surface area contributed by atoms with Crippen molar-refractivity contribution in [3.05, 3.63) is 51.0 Å². The van der Waals surface area contributed by atoms with E-state index in [9.17, 15) is 4.79 Å². The molecule has 0 bridgehead atoms. The average molecular weight is 386 g/mol. The molecule has 98 valence electrons. The van der Waals surface area contributed by atoms with Crippen molar-refractivity contribution in [3.8, 4) is 0 Å². The van der Waals surface area contributed by atoms with Gasteiger partial charge in [0.05, 0.1) is 11.3 Å². The van der Waals surface area contributed by atoms with Crippen LogP contribution in [0.3, 0.4) is 0 Å². The molecule has 0 radical (unpaired) electrons. The molecule has 1 aromatic carbocycles. The fourth-order valence-corrected chi connectivity index (χ4v) is 2.55. The third kappa shape index (κ3) is 3.52. The van der Waals surface area contributed by atoms with Crippen molar-refractivity contribution in [1.82, 2.24) is 4.98 Å². The number of nitrogens with two attached hydrogens (primary N) is 1. The Morgan fingerprint density at radius 1 is 1.21 bits per heavy atom. The maximum atomic E-state index is 12.0. The number of hydrazine groups is 1. The normalized spacial score (nSPS) is 10.1. The van der Waals surface area contributed by atoms with Crippen LogP contribution in [0.1, 0.15) is 10.4 Å². The average Bonchev–Trinajstić information content (AvgIpc) is 2.42. The molecule has 4 N–H and O–H groups in total. The van der Waals surface area contributed by atoms with E-state index >= 15 is 0 Å². The number of nitrogens with one attached hydrogen (secondary N) is 2. The minimum absolute atomic E-state index is 0.237. The van der Waals surface area contributed by atoms with Crippen molar-refractivity contribution in [3.63, 3.8) is 0 Å². The van der Waals surface area contributed by atoms with E-state index in [-0.39, 0.29) is 5.91 Å². The Balaban J connectivity index is 2.15. The minimum atomic E-state index is -0.237. The first-order chi connectivity index (χ1) is 9.10. The highest BCUT2D eigenvalue weighted by Crippen LogP contribution is 2.26. The summed E-state index contributed by atoms with van der Waals surface area (Å²) < 4.78 is 1.72. The first-order valence-corrected chi connectivity index (χ1v) is 6.88. The first kappa shape index (κ1) is 14.0. The number of nitrogens with zero attached hydrogens (tertiary/aromatic N) is 1. The van der Waals surface area contributed by atoms with Gasteiger partial charge in [-0.15, -0.1) is 0 Å². The van der Waals surface area contributed by atoms with Crippen molar-refractivity contribution in [2.24, 2.45) is 5.84 Å². The molecular weight excluding hydrogens is 376 g/mol. The van der Waals surface area contributed by atoms with Gasteiger partial charge in [-0.05, 0) is 46.3 Å². The molecule has 0 saturated heterocycles. The highest BCUT2D eigenvalue weighted by Gasteiger charge is 2.09. The number of hydrogen-bond acceptors (Lipinski definition) is 4. The molecule has 0 unspecified atom stereocenters. The zero-order valence-electron chi connectivity index (χ0n) is 9.65. The summed E-state index contributed by atoms with van der Waals surface area (Å²) in [5.41, 5.74) is 3.54. The lowest BCUT2D eigenvalue weighted by atomic mass is 10.2. The molecule has 2 rings (SSSR count). The van der Waals surface area contributed by atoms with Gasteiger partial charge in [0.25, 0.3) is 5.91 Å². The molecule has 1 aromatic heterocycles. The van der Waals surface area contributed by atoms with Crippen LogP contribution in [-0.2, 0) is 0 Å². The monoisotopic (exact) mass is 384 g/mol. The Morgan fingerprint density at radius 3 is 2.58 bits per heavy atom. The van der Waals surface area contributed by atoms with E-state index in [1.807, 2.05) is 12.1 Å². The second-order valence-electron chi connectivity index (χ2n) is 3.65. The number of carbonyl (C=O) groups is 1. The van der Waals surface area contributed by atoms with Gasteiger partial charge in [0.2, 0.25) is 0 Å². The zero-order valence-corrected chi connectivity index (χ0v) is 12.8. The molecule has 0 fully saturated rings. The van der Waals surface area contributed by atoms with Gasteiger partial charge in [-0.3, -0.25) is 4.79 Å². The number of hydrogen-bond donors (Lipinski definition) is 3. The Labute approximate surface area is 126 Å². The molecule has 0 atom stereocenters. The maximum Gasteiger partial charge on any atom is 0.257 e. The van der Waals surface area contributed by atoms with Gasteiger partial charge in [-0.25, -0.2) is 10.8 Å². The molecular formula is C12H10Br2N4O. The summed E-state index contributed by atoms with van der Waals surface area (Å²) in [7, 11) is 0. The third-order valence-electron chi connectivity index (χ3n) is 2.35. The number of benzene rings is 1. The van der Waals surface area contributed by atoms with Crippen LogP contribution in [0.2, 0.25) is 0 Å². The van der Waals surface area contributed by atoms with Gasteiger partial charge >= 0.3 is 0 Å². The number of amides is 1. The quantitative estimate of drug-likeness (QED) is 0.560. The molecule has 0 aliphatic rings. The van der Waals surface area contributed by atoms with Gasteiger partial charge in [0.1, 0.15) is 5.82 Å². The van der Waals surface area contributed by atoms with Crippen molar-refractivity contribution >= 4 is 49.3 Å². The van der Waals surface area contributed by atoms with Crippen LogP contribution >= 0.6 is 31.9 Å². The number of carbonyl (C=O) groups excluding carboxylic acids is 1. The second-order valence-corrected chi connectivity index (χ2v) is 5.42. The van der Waals surface area contributed by atoms with Crippen LogP contribution in [0.5, 0.6) is 0 Å². The Hall–Kier alpha value is -1.44. The smallest absolute Gasteiger partial charge is 0.257 e. The van der Waals surface area contributed by atoms with Crippen molar-refractivity contribution in [2.45, 2.75) is 0 Å². The summed E-state index contributed by atoms with van der Waals surface area (Å²) >= 11 is 6.74. The second kappa shape index (κ2) is 6.14. The lowest BCUT2D eigenvalue weighted by Gasteiger charge is -2.08. The van der Waals surface area contributed by atoms with E-state index in [1.165, 1.54) is 6.20 Å². The molecule has 1 amide bonds. The lowest BCUT2D eigenvalue weighted by Crippen LogP contribution is -2.14. The largest absolute Gasteiger partial charge is 0.321 e. The molecule has 5 nitrogen and oxygen atoms in total. The molecule has 0 aliphatic heterocycles. The highest BCUT2D eigenvalue weighted by atomic mass is 79.9. The van der Waals surface area contributed by atoms with E-state index in [2.05, 4.69) is 47.6 Å². The summed E-state index contributed by atoms with van der Waals surface area (Å²) in [5, 5.41) is 2.79. The summed E-state index contributed by atoms with van der Waals surface area (Å²) in [4.78, 5) is 16.0. The van der Waals surface area contributed by atoms with Crippen LogP contribution in [0.4, 0.5) is 11.5 Å². The Morgan fingerprint density at radius 2 is 2.00 bits per heavy atom. The SMILES string of the molecule is NNc1ccc(C(=O)Nc2ccc(Br)cc2Br)cn1. The number of pyridine rings is 1. The number of rotatable bonds is 3. The van der Waals surface area contributed by atoms with Gasteiger partial charge in [0.15, 0.2) is 0 Å². The fourth-order valence-electron chi connectivity index (χ4n) is 1.40. The lowest BCUT2D eigenvalue weighted by molar-refractivity contribution is 0.102. The van der Waals surface area contributed by atoms with Crippen LogP contribution < -0.4 is 16.6 Å². The van der Waals surface area contributed by atoms with Gasteiger partial charge in [0, 0.05) is 15.1 Å². The van der Waals surface area contributed by atoms with E-state index < -0.39 is 0 Å². The number of aromatic nitrogens is 1. The topological polar surface area (TPSA) is 80.0 Å². The van der Waals surface area contributed by atoms with Crippen LogP contribution in [0.25, 0.3) is 0 Å². The molecule has 7 heteroatoms. The van der Waals surface area contributed by atoms with Gasteiger partial charge in [-0.1, -0.05) is 15.9 Å². The third-order valence-corrected chi connectivity index (χ3v) is 3.50. The number of nitrogen functional groups attached to an aromatic ring is 1. The molecule has 19 heavy (non-hydrogen) atoms. The first-order valence-electron chi connectivity index (χ1n) is 5.29. The number of anilines is 2. The van der Waals surface area contributed by atoms with E-state index in [1.54, 1.807) is 18.2 Å². The van der Waals surface area contributed by atoms with Crippen molar-refractivity contribution in [2.75, 3.05) is 10.7 Å². The predicted octanol–water partition coefficient (Wildman–Crippen LogP) is 3.14.